The van der Waals surface area contributed by atoms with E-state index in [1.165, 1.54) is 18.2 Å². The summed E-state index contributed by atoms with van der Waals surface area (Å²) in [5.74, 6) is -2.75. The molecular weight excluding hydrogens is 320 g/mol. The van der Waals surface area contributed by atoms with Gasteiger partial charge in [-0.2, -0.15) is 4.89 Å². The molecule has 1 aliphatic carbocycles. The van der Waals surface area contributed by atoms with Gasteiger partial charge in [-0.3, -0.25) is 9.59 Å². The van der Waals surface area contributed by atoms with Crippen molar-refractivity contribution in [2.24, 2.45) is 0 Å². The molecular formula is C17H13ClO5. The van der Waals surface area contributed by atoms with Gasteiger partial charge in [-0.15, -0.1) is 0 Å². The highest BCUT2D eigenvalue weighted by atomic mass is 35.5. The predicted molar refractivity (Wildman–Crippen MR) is 82.2 cm³/mol. The highest BCUT2D eigenvalue weighted by Gasteiger charge is 2.49. The number of rotatable bonds is 3. The number of ether oxygens (including phenoxy) is 1. The SMILES string of the molecule is CCC(=O)OC1(OO)c2ccccc2C(=O)c2cc(Cl)ccc21. The summed E-state index contributed by atoms with van der Waals surface area (Å²) < 4.78 is 5.41. The minimum atomic E-state index is -1.89. The van der Waals surface area contributed by atoms with Gasteiger partial charge < -0.3 is 4.74 Å². The van der Waals surface area contributed by atoms with Crippen molar-refractivity contribution in [2.45, 2.75) is 19.1 Å². The summed E-state index contributed by atoms with van der Waals surface area (Å²) in [5.41, 5.74) is 0.994. The van der Waals surface area contributed by atoms with Gasteiger partial charge in [-0.25, -0.2) is 5.26 Å². The third-order valence-electron chi connectivity index (χ3n) is 3.78. The summed E-state index contributed by atoms with van der Waals surface area (Å²) in [6, 6.07) is 11.0. The molecule has 118 valence electrons. The molecule has 0 amide bonds. The number of carbonyl (C=O) groups excluding carboxylic acids is 2. The van der Waals surface area contributed by atoms with E-state index in [1.54, 1.807) is 31.2 Å². The molecule has 0 aliphatic heterocycles. The summed E-state index contributed by atoms with van der Waals surface area (Å²) in [4.78, 5) is 29.2. The van der Waals surface area contributed by atoms with Crippen LogP contribution in [0.1, 0.15) is 40.4 Å². The number of hydrogen-bond donors (Lipinski definition) is 1. The Balaban J connectivity index is 2.33. The fourth-order valence-corrected chi connectivity index (χ4v) is 2.88. The highest BCUT2D eigenvalue weighted by molar-refractivity contribution is 6.31. The minimum absolute atomic E-state index is 0.0874. The van der Waals surface area contributed by atoms with E-state index in [0.29, 0.717) is 5.02 Å². The normalized spacial score (nSPS) is 19.0. The van der Waals surface area contributed by atoms with Gasteiger partial charge in [-0.1, -0.05) is 42.8 Å². The summed E-state index contributed by atoms with van der Waals surface area (Å²) >= 11 is 5.98. The number of hydrogen-bond acceptors (Lipinski definition) is 5. The molecule has 1 aliphatic rings. The van der Waals surface area contributed by atoms with E-state index in [1.807, 2.05) is 0 Å². The third-order valence-corrected chi connectivity index (χ3v) is 4.02. The lowest BCUT2D eigenvalue weighted by Gasteiger charge is -2.36. The lowest BCUT2D eigenvalue weighted by molar-refractivity contribution is -0.384. The van der Waals surface area contributed by atoms with Gasteiger partial charge >= 0.3 is 5.97 Å². The van der Waals surface area contributed by atoms with Crippen LogP contribution in [0.15, 0.2) is 42.5 Å². The van der Waals surface area contributed by atoms with Crippen molar-refractivity contribution in [2.75, 3.05) is 0 Å². The van der Waals surface area contributed by atoms with Crippen molar-refractivity contribution in [1.82, 2.24) is 0 Å². The van der Waals surface area contributed by atoms with Crippen LogP contribution in [-0.2, 0) is 20.2 Å². The van der Waals surface area contributed by atoms with Gasteiger partial charge in [0.2, 0.25) is 0 Å². The van der Waals surface area contributed by atoms with Crippen LogP contribution in [0.2, 0.25) is 5.02 Å². The maximum Gasteiger partial charge on any atom is 0.308 e. The summed E-state index contributed by atoms with van der Waals surface area (Å²) in [7, 11) is 0. The molecule has 0 saturated heterocycles. The van der Waals surface area contributed by atoms with Gasteiger partial charge in [0.1, 0.15) is 0 Å². The topological polar surface area (TPSA) is 72.8 Å². The lowest BCUT2D eigenvalue weighted by atomic mass is 9.80. The summed E-state index contributed by atoms with van der Waals surface area (Å²) in [5, 5.41) is 9.97. The van der Waals surface area contributed by atoms with Crippen molar-refractivity contribution < 1.29 is 24.5 Å². The Morgan fingerprint density at radius 3 is 2.57 bits per heavy atom. The van der Waals surface area contributed by atoms with Crippen molar-refractivity contribution in [1.29, 1.82) is 0 Å². The first-order valence-electron chi connectivity index (χ1n) is 7.02. The van der Waals surface area contributed by atoms with Gasteiger partial charge in [-0.05, 0) is 18.2 Å². The second kappa shape index (κ2) is 5.77. The highest BCUT2D eigenvalue weighted by Crippen LogP contribution is 2.44. The number of fused-ring (bicyclic) bond motifs is 2. The van der Waals surface area contributed by atoms with Crippen molar-refractivity contribution in [3.8, 4) is 0 Å². The molecule has 0 spiro atoms. The minimum Gasteiger partial charge on any atom is -0.421 e. The Hall–Kier alpha value is -2.21. The molecule has 0 aromatic heterocycles. The van der Waals surface area contributed by atoms with E-state index >= 15 is 0 Å². The average molecular weight is 333 g/mol. The lowest BCUT2D eigenvalue weighted by Crippen LogP contribution is -2.41. The molecule has 23 heavy (non-hydrogen) atoms. The van der Waals surface area contributed by atoms with Gasteiger partial charge in [0.25, 0.3) is 5.79 Å². The third kappa shape index (κ3) is 2.34. The molecule has 0 radical (unpaired) electrons. The molecule has 1 N–H and O–H groups in total. The smallest absolute Gasteiger partial charge is 0.308 e. The van der Waals surface area contributed by atoms with Crippen LogP contribution in [0.5, 0.6) is 0 Å². The second-order valence-corrected chi connectivity index (χ2v) is 5.54. The average Bonchev–Trinajstić information content (AvgIpc) is 2.58. The summed E-state index contributed by atoms with van der Waals surface area (Å²) in [6.45, 7) is 1.62. The molecule has 0 saturated carbocycles. The first-order valence-corrected chi connectivity index (χ1v) is 7.40. The molecule has 1 unspecified atom stereocenters. The molecule has 0 heterocycles. The number of halogens is 1. The summed E-state index contributed by atoms with van der Waals surface area (Å²) in [6.07, 6.45) is 0.0874. The number of esters is 1. The van der Waals surface area contributed by atoms with E-state index in [2.05, 4.69) is 4.89 Å². The Kier molecular flexibility index (Phi) is 3.93. The van der Waals surface area contributed by atoms with Crippen molar-refractivity contribution in [3.05, 3.63) is 69.7 Å². The van der Waals surface area contributed by atoms with E-state index < -0.39 is 11.8 Å². The van der Waals surface area contributed by atoms with Crippen LogP contribution in [0.25, 0.3) is 0 Å². The molecule has 3 rings (SSSR count). The van der Waals surface area contributed by atoms with E-state index in [4.69, 9.17) is 16.3 Å². The van der Waals surface area contributed by atoms with Crippen molar-refractivity contribution >= 4 is 23.4 Å². The largest absolute Gasteiger partial charge is 0.421 e. The molecule has 2 aromatic carbocycles. The van der Waals surface area contributed by atoms with Crippen LogP contribution < -0.4 is 0 Å². The van der Waals surface area contributed by atoms with E-state index in [0.717, 1.165) is 0 Å². The quantitative estimate of drug-likeness (QED) is 0.403. The predicted octanol–water partition coefficient (Wildman–Crippen LogP) is 3.53. The zero-order chi connectivity index (χ0) is 16.6. The first kappa shape index (κ1) is 15.7. The van der Waals surface area contributed by atoms with Gasteiger partial charge in [0, 0.05) is 33.7 Å². The van der Waals surface area contributed by atoms with E-state index in [9.17, 15) is 14.8 Å². The number of ketones is 1. The maximum atomic E-state index is 12.7. The zero-order valence-corrected chi connectivity index (χ0v) is 13.0. The zero-order valence-electron chi connectivity index (χ0n) is 12.2. The van der Waals surface area contributed by atoms with Crippen LogP contribution in [0, 0.1) is 0 Å². The van der Waals surface area contributed by atoms with Crippen molar-refractivity contribution in [3.63, 3.8) is 0 Å². The van der Waals surface area contributed by atoms with Gasteiger partial charge in [0.15, 0.2) is 5.78 Å². The first-order chi connectivity index (χ1) is 11.0. The fraction of sp³-hybridized carbons (Fsp3) is 0.176. The molecule has 2 aromatic rings. The maximum absolute atomic E-state index is 12.7. The molecule has 6 heteroatoms. The molecule has 0 fully saturated rings. The number of benzene rings is 2. The van der Waals surface area contributed by atoms with Crippen LogP contribution in [0.3, 0.4) is 0 Å². The Bertz CT molecular complexity index is 801. The van der Waals surface area contributed by atoms with Gasteiger partial charge in [0.05, 0.1) is 0 Å². The van der Waals surface area contributed by atoms with E-state index in [-0.39, 0.29) is 34.5 Å². The Morgan fingerprint density at radius 2 is 1.87 bits per heavy atom. The monoisotopic (exact) mass is 332 g/mol. The fourth-order valence-electron chi connectivity index (χ4n) is 2.71. The number of carbonyl (C=O) groups is 2. The van der Waals surface area contributed by atoms with Crippen LogP contribution in [-0.4, -0.2) is 17.0 Å². The standard InChI is InChI=1S/C17H13ClO5/c1-2-15(19)22-17(23-21)13-6-4-3-5-11(13)16(20)12-9-10(18)7-8-14(12)17/h3-9,21H,2H2,1H3. The Morgan fingerprint density at radius 1 is 1.17 bits per heavy atom. The van der Waals surface area contributed by atoms with Crippen LogP contribution >= 0.6 is 11.6 Å². The second-order valence-electron chi connectivity index (χ2n) is 5.10. The molecule has 1 atom stereocenters. The molecule has 0 bridgehead atoms. The van der Waals surface area contributed by atoms with Crippen LogP contribution in [0.4, 0.5) is 0 Å². The Labute approximate surface area is 137 Å². The molecule has 5 nitrogen and oxygen atoms in total.